The van der Waals surface area contributed by atoms with Gasteiger partial charge in [0.2, 0.25) is 0 Å². The summed E-state index contributed by atoms with van der Waals surface area (Å²) in [6.45, 7) is 8.30. The van der Waals surface area contributed by atoms with Gasteiger partial charge in [-0.1, -0.05) is 32.9 Å². The molecule has 0 spiro atoms. The van der Waals surface area contributed by atoms with Crippen molar-refractivity contribution in [3.05, 3.63) is 53.9 Å². The second kappa shape index (κ2) is 7.79. The first-order valence-electron chi connectivity index (χ1n) is 7.59. The normalized spacial score (nSPS) is 10.9. The summed E-state index contributed by atoms with van der Waals surface area (Å²) in [5.41, 5.74) is 2.40. The molecular formula is C18H24N2O. The van der Waals surface area contributed by atoms with E-state index in [1.807, 2.05) is 24.4 Å². The number of hydrogen-bond acceptors (Lipinski definition) is 3. The maximum absolute atomic E-state index is 5.99. The van der Waals surface area contributed by atoms with E-state index in [9.17, 15) is 0 Å². The molecule has 0 aliphatic carbocycles. The van der Waals surface area contributed by atoms with Crippen LogP contribution in [0, 0.1) is 5.92 Å². The third-order valence-electron chi connectivity index (χ3n) is 3.29. The van der Waals surface area contributed by atoms with Crippen molar-refractivity contribution in [3.8, 4) is 11.5 Å². The predicted molar refractivity (Wildman–Crippen MR) is 86.7 cm³/mol. The SMILES string of the molecule is CCc1ccc(Oc2ccncc2CNCC(C)C)cc1. The summed E-state index contributed by atoms with van der Waals surface area (Å²) in [6.07, 6.45) is 4.67. The topological polar surface area (TPSA) is 34.1 Å². The number of aryl methyl sites for hydroxylation is 1. The van der Waals surface area contributed by atoms with Gasteiger partial charge >= 0.3 is 0 Å². The first-order valence-corrected chi connectivity index (χ1v) is 7.59. The van der Waals surface area contributed by atoms with Gasteiger partial charge in [-0.15, -0.1) is 0 Å². The Balaban J connectivity index is 2.04. The number of pyridine rings is 1. The molecule has 2 rings (SSSR count). The van der Waals surface area contributed by atoms with Crippen LogP contribution in [-0.2, 0) is 13.0 Å². The van der Waals surface area contributed by atoms with Crippen LogP contribution in [0.4, 0.5) is 0 Å². The number of nitrogens with one attached hydrogen (secondary N) is 1. The van der Waals surface area contributed by atoms with Crippen LogP contribution in [0.3, 0.4) is 0 Å². The van der Waals surface area contributed by atoms with Gasteiger partial charge in [0.1, 0.15) is 11.5 Å². The minimum atomic E-state index is 0.632. The molecule has 0 radical (unpaired) electrons. The lowest BCUT2D eigenvalue weighted by Gasteiger charge is -2.12. The summed E-state index contributed by atoms with van der Waals surface area (Å²) in [5, 5.41) is 3.43. The minimum Gasteiger partial charge on any atom is -0.457 e. The molecule has 0 unspecified atom stereocenters. The van der Waals surface area contributed by atoms with Crippen LogP contribution in [0.25, 0.3) is 0 Å². The molecule has 0 saturated carbocycles. The lowest BCUT2D eigenvalue weighted by molar-refractivity contribution is 0.468. The summed E-state index contributed by atoms with van der Waals surface area (Å²) < 4.78 is 5.99. The molecule has 0 amide bonds. The predicted octanol–water partition coefficient (Wildman–Crippen LogP) is 4.18. The van der Waals surface area contributed by atoms with Crippen LogP contribution in [0.15, 0.2) is 42.7 Å². The van der Waals surface area contributed by atoms with Gasteiger partial charge in [-0.3, -0.25) is 4.98 Å². The molecule has 112 valence electrons. The Labute approximate surface area is 127 Å². The highest BCUT2D eigenvalue weighted by molar-refractivity contribution is 5.36. The summed E-state index contributed by atoms with van der Waals surface area (Å²) in [4.78, 5) is 4.19. The number of aromatic nitrogens is 1. The molecule has 1 N–H and O–H groups in total. The van der Waals surface area contributed by atoms with Gasteiger partial charge in [-0.25, -0.2) is 0 Å². The van der Waals surface area contributed by atoms with Gasteiger partial charge < -0.3 is 10.1 Å². The monoisotopic (exact) mass is 284 g/mol. The van der Waals surface area contributed by atoms with Crippen LogP contribution < -0.4 is 10.1 Å². The molecule has 0 atom stereocenters. The van der Waals surface area contributed by atoms with Crippen LogP contribution >= 0.6 is 0 Å². The van der Waals surface area contributed by atoms with Crippen molar-refractivity contribution in [2.45, 2.75) is 33.7 Å². The van der Waals surface area contributed by atoms with E-state index in [-0.39, 0.29) is 0 Å². The third-order valence-corrected chi connectivity index (χ3v) is 3.29. The van der Waals surface area contributed by atoms with E-state index in [2.05, 4.69) is 43.2 Å². The molecule has 0 fully saturated rings. The molecular weight excluding hydrogens is 260 g/mol. The molecule has 0 aliphatic rings. The molecule has 0 saturated heterocycles. The van der Waals surface area contributed by atoms with Crippen molar-refractivity contribution in [2.24, 2.45) is 5.92 Å². The second-order valence-electron chi connectivity index (χ2n) is 5.61. The molecule has 21 heavy (non-hydrogen) atoms. The average Bonchev–Trinajstić information content (AvgIpc) is 2.49. The number of nitrogens with zero attached hydrogens (tertiary/aromatic N) is 1. The quantitative estimate of drug-likeness (QED) is 0.828. The van der Waals surface area contributed by atoms with Gasteiger partial charge in [0, 0.05) is 24.5 Å². The highest BCUT2D eigenvalue weighted by atomic mass is 16.5. The number of hydrogen-bond donors (Lipinski definition) is 1. The van der Waals surface area contributed by atoms with E-state index < -0.39 is 0 Å². The van der Waals surface area contributed by atoms with Gasteiger partial charge in [0.25, 0.3) is 0 Å². The van der Waals surface area contributed by atoms with Crippen LogP contribution in [0.2, 0.25) is 0 Å². The molecule has 0 aliphatic heterocycles. The highest BCUT2D eigenvalue weighted by Crippen LogP contribution is 2.24. The largest absolute Gasteiger partial charge is 0.457 e. The van der Waals surface area contributed by atoms with E-state index >= 15 is 0 Å². The van der Waals surface area contributed by atoms with Crippen molar-refractivity contribution in [1.82, 2.24) is 10.3 Å². The zero-order valence-electron chi connectivity index (χ0n) is 13.1. The van der Waals surface area contributed by atoms with Crippen molar-refractivity contribution in [2.75, 3.05) is 6.54 Å². The Bertz CT molecular complexity index is 549. The standard InChI is InChI=1S/C18H24N2O/c1-4-15-5-7-17(8-6-15)21-18-9-10-19-12-16(18)13-20-11-14(2)3/h5-10,12,14,20H,4,11,13H2,1-3H3. The first-order chi connectivity index (χ1) is 10.2. The van der Waals surface area contributed by atoms with E-state index in [1.165, 1.54) is 5.56 Å². The molecule has 0 bridgehead atoms. The fourth-order valence-corrected chi connectivity index (χ4v) is 2.06. The fourth-order valence-electron chi connectivity index (χ4n) is 2.06. The maximum atomic E-state index is 5.99. The zero-order chi connectivity index (χ0) is 15.1. The highest BCUT2D eigenvalue weighted by Gasteiger charge is 2.05. The van der Waals surface area contributed by atoms with E-state index in [4.69, 9.17) is 4.74 Å². The van der Waals surface area contributed by atoms with Gasteiger partial charge in [0.15, 0.2) is 0 Å². The lowest BCUT2D eigenvalue weighted by atomic mass is 10.2. The van der Waals surface area contributed by atoms with E-state index in [1.54, 1.807) is 6.20 Å². The van der Waals surface area contributed by atoms with E-state index in [0.717, 1.165) is 36.6 Å². The first kappa shape index (κ1) is 15.5. The Morgan fingerprint density at radius 2 is 1.90 bits per heavy atom. The van der Waals surface area contributed by atoms with Crippen LogP contribution in [-0.4, -0.2) is 11.5 Å². The molecule has 2 aromatic rings. The minimum absolute atomic E-state index is 0.632. The van der Waals surface area contributed by atoms with Crippen molar-refractivity contribution in [3.63, 3.8) is 0 Å². The number of ether oxygens (including phenoxy) is 1. The number of benzene rings is 1. The average molecular weight is 284 g/mol. The molecule has 1 aromatic carbocycles. The molecule has 1 aromatic heterocycles. The number of rotatable bonds is 7. The Morgan fingerprint density at radius 1 is 1.14 bits per heavy atom. The summed E-state index contributed by atoms with van der Waals surface area (Å²) in [6, 6.07) is 10.2. The smallest absolute Gasteiger partial charge is 0.134 e. The van der Waals surface area contributed by atoms with Gasteiger partial charge in [0.05, 0.1) is 0 Å². The summed E-state index contributed by atoms with van der Waals surface area (Å²) >= 11 is 0. The third kappa shape index (κ3) is 4.87. The van der Waals surface area contributed by atoms with Crippen molar-refractivity contribution < 1.29 is 4.74 Å². The van der Waals surface area contributed by atoms with Gasteiger partial charge in [-0.05, 0) is 42.6 Å². The Morgan fingerprint density at radius 3 is 2.57 bits per heavy atom. The Hall–Kier alpha value is -1.87. The second-order valence-corrected chi connectivity index (χ2v) is 5.61. The van der Waals surface area contributed by atoms with Crippen LogP contribution in [0.5, 0.6) is 11.5 Å². The zero-order valence-corrected chi connectivity index (χ0v) is 13.1. The van der Waals surface area contributed by atoms with Crippen LogP contribution in [0.1, 0.15) is 31.9 Å². The molecule has 3 nitrogen and oxygen atoms in total. The lowest BCUT2D eigenvalue weighted by Crippen LogP contribution is -2.19. The summed E-state index contributed by atoms with van der Waals surface area (Å²) in [7, 11) is 0. The van der Waals surface area contributed by atoms with Crippen molar-refractivity contribution >= 4 is 0 Å². The van der Waals surface area contributed by atoms with Gasteiger partial charge in [-0.2, -0.15) is 0 Å². The van der Waals surface area contributed by atoms with Crippen molar-refractivity contribution in [1.29, 1.82) is 0 Å². The Kier molecular flexibility index (Phi) is 5.76. The maximum Gasteiger partial charge on any atom is 0.134 e. The van der Waals surface area contributed by atoms with E-state index in [0.29, 0.717) is 5.92 Å². The summed E-state index contributed by atoms with van der Waals surface area (Å²) in [5.74, 6) is 2.36. The molecule has 1 heterocycles. The molecule has 3 heteroatoms. The fraction of sp³-hybridized carbons (Fsp3) is 0.389.